The van der Waals surface area contributed by atoms with Gasteiger partial charge in [0.2, 0.25) is 0 Å². The van der Waals surface area contributed by atoms with Crippen molar-refractivity contribution >= 4 is 29.5 Å². The molecule has 0 aliphatic heterocycles. The van der Waals surface area contributed by atoms with Crippen molar-refractivity contribution in [1.82, 2.24) is 0 Å². The molecular formula is C26H21ClO. The number of Topliss-reactive ketones (excluding diaryl/α,β-unsaturated/α-hetero) is 1. The van der Waals surface area contributed by atoms with Gasteiger partial charge in [0.05, 0.1) is 0 Å². The molecule has 28 heavy (non-hydrogen) atoms. The molecule has 0 amide bonds. The van der Waals surface area contributed by atoms with Crippen molar-refractivity contribution in [3.05, 3.63) is 93.9 Å². The van der Waals surface area contributed by atoms with E-state index in [1.165, 1.54) is 32.7 Å². The van der Waals surface area contributed by atoms with Gasteiger partial charge in [-0.3, -0.25) is 4.79 Å². The van der Waals surface area contributed by atoms with Crippen molar-refractivity contribution in [3.63, 3.8) is 0 Å². The maximum absolute atomic E-state index is 13.1. The van der Waals surface area contributed by atoms with Crippen molar-refractivity contribution in [1.29, 1.82) is 0 Å². The highest BCUT2D eigenvalue weighted by Gasteiger charge is 2.27. The fourth-order valence-electron chi connectivity index (χ4n) is 4.52. The topological polar surface area (TPSA) is 17.1 Å². The van der Waals surface area contributed by atoms with Crippen molar-refractivity contribution in [3.8, 4) is 11.1 Å². The molecule has 0 spiro atoms. The summed E-state index contributed by atoms with van der Waals surface area (Å²) in [5.74, 6) is -0.0281. The van der Waals surface area contributed by atoms with Crippen LogP contribution in [-0.4, -0.2) is 5.78 Å². The number of hydrogen-bond donors (Lipinski definition) is 0. The molecule has 0 fully saturated rings. The fourth-order valence-corrected chi connectivity index (χ4v) is 4.83. The van der Waals surface area contributed by atoms with Crippen LogP contribution < -0.4 is 10.4 Å². The third kappa shape index (κ3) is 2.91. The molecular weight excluding hydrogens is 364 g/mol. The maximum atomic E-state index is 13.1. The van der Waals surface area contributed by atoms with E-state index in [0.717, 1.165) is 24.8 Å². The smallest absolute Gasteiger partial charge is 0.161 e. The molecule has 2 heteroatoms. The third-order valence-electron chi connectivity index (χ3n) is 6.01. The normalized spacial score (nSPS) is 18.0. The molecule has 0 N–H and O–H groups in total. The van der Waals surface area contributed by atoms with Gasteiger partial charge in [-0.25, -0.2) is 0 Å². The summed E-state index contributed by atoms with van der Waals surface area (Å²) in [7, 11) is 0. The number of carbonyl (C=O) groups excluding carboxylic acids is 1. The van der Waals surface area contributed by atoms with Gasteiger partial charge in [-0.2, -0.15) is 0 Å². The Hall–Kier alpha value is -2.64. The van der Waals surface area contributed by atoms with Crippen LogP contribution >= 0.6 is 11.6 Å². The molecule has 5 rings (SSSR count). The first-order valence-corrected chi connectivity index (χ1v) is 10.3. The van der Waals surface area contributed by atoms with E-state index in [0.29, 0.717) is 0 Å². The number of hydrogen-bond acceptors (Lipinski definition) is 1. The molecule has 2 aliphatic rings. The molecule has 3 aromatic carbocycles. The van der Waals surface area contributed by atoms with Crippen molar-refractivity contribution in [2.75, 3.05) is 0 Å². The van der Waals surface area contributed by atoms with E-state index >= 15 is 0 Å². The predicted molar refractivity (Wildman–Crippen MR) is 116 cm³/mol. The van der Waals surface area contributed by atoms with E-state index in [-0.39, 0.29) is 11.7 Å². The number of rotatable bonds is 3. The van der Waals surface area contributed by atoms with E-state index in [4.69, 9.17) is 11.6 Å². The number of fused-ring (bicyclic) bond motifs is 5. The first-order valence-electron chi connectivity index (χ1n) is 9.87. The zero-order chi connectivity index (χ0) is 19.1. The van der Waals surface area contributed by atoms with Crippen LogP contribution in [0.3, 0.4) is 0 Å². The van der Waals surface area contributed by atoms with E-state index in [9.17, 15) is 4.79 Å². The lowest BCUT2D eigenvalue weighted by Gasteiger charge is -2.22. The Balaban J connectivity index is 1.58. The van der Waals surface area contributed by atoms with Crippen LogP contribution in [0.15, 0.2) is 66.7 Å². The summed E-state index contributed by atoms with van der Waals surface area (Å²) in [6, 6.07) is 22.7. The van der Waals surface area contributed by atoms with Crippen LogP contribution in [0, 0.1) is 5.92 Å². The average Bonchev–Trinajstić information content (AvgIpc) is 2.77. The number of ketones is 1. The van der Waals surface area contributed by atoms with Crippen LogP contribution in [0.4, 0.5) is 0 Å². The minimum absolute atomic E-state index is 0.104. The Morgan fingerprint density at radius 1 is 0.857 bits per heavy atom. The summed E-state index contributed by atoms with van der Waals surface area (Å²) in [6.45, 7) is 0. The molecule has 2 atom stereocenters. The summed E-state index contributed by atoms with van der Waals surface area (Å²) in [6.07, 6.45) is 7.17. The van der Waals surface area contributed by atoms with Gasteiger partial charge in [0, 0.05) is 5.92 Å². The lowest BCUT2D eigenvalue weighted by Crippen LogP contribution is -2.37. The largest absolute Gasteiger partial charge is 0.297 e. The summed E-state index contributed by atoms with van der Waals surface area (Å²) >= 11 is 6.55. The quantitative estimate of drug-likeness (QED) is 0.604. The highest BCUT2D eigenvalue weighted by molar-refractivity contribution is 6.31. The Morgan fingerprint density at radius 2 is 1.64 bits per heavy atom. The Labute approximate surface area is 170 Å². The standard InChI is InChI=1S/C26H21ClO/c27-25(19-7-2-1-3-8-19)26(28)20-11-10-18-13-14-22-21-9-5-4-6-17(21)12-15-23(22)24(18)16-20/h1-9,13-16,20,25H,10-12H2. The summed E-state index contributed by atoms with van der Waals surface area (Å²) in [5, 5.41) is 1.92. The third-order valence-corrected chi connectivity index (χ3v) is 6.48. The zero-order valence-corrected chi connectivity index (χ0v) is 16.3. The molecule has 2 unspecified atom stereocenters. The molecule has 0 saturated carbocycles. The molecule has 0 heterocycles. The van der Waals surface area contributed by atoms with E-state index in [1.54, 1.807) is 0 Å². The molecule has 0 bridgehead atoms. The monoisotopic (exact) mass is 384 g/mol. The summed E-state index contributed by atoms with van der Waals surface area (Å²) < 4.78 is 0. The first-order chi connectivity index (χ1) is 13.7. The SMILES string of the molecule is O=C(C1C=c2c(ccc3c2=CCc2ccccc2-3)CC1)C(Cl)c1ccccc1. The summed E-state index contributed by atoms with van der Waals surface area (Å²) in [5.41, 5.74) is 6.16. The second-order valence-corrected chi connectivity index (χ2v) is 8.09. The predicted octanol–water partition coefficient (Wildman–Crippen LogP) is 4.58. The fraction of sp³-hybridized carbons (Fsp3) is 0.192. The second kappa shape index (κ2) is 7.07. The van der Waals surface area contributed by atoms with Gasteiger partial charge < -0.3 is 0 Å². The molecule has 138 valence electrons. The van der Waals surface area contributed by atoms with Crippen LogP contribution in [0.1, 0.15) is 28.5 Å². The number of carbonyl (C=O) groups is 1. The van der Waals surface area contributed by atoms with E-state index in [2.05, 4.69) is 48.6 Å². The lowest BCUT2D eigenvalue weighted by atomic mass is 9.82. The molecule has 1 nitrogen and oxygen atoms in total. The Kier molecular flexibility index (Phi) is 4.41. The van der Waals surface area contributed by atoms with Crippen molar-refractivity contribution in [2.24, 2.45) is 5.92 Å². The van der Waals surface area contributed by atoms with Gasteiger partial charge >= 0.3 is 0 Å². The number of benzene rings is 3. The number of alkyl halides is 1. The molecule has 2 aliphatic carbocycles. The molecule has 0 radical (unpaired) electrons. The van der Waals surface area contributed by atoms with Crippen molar-refractivity contribution in [2.45, 2.75) is 24.6 Å². The van der Waals surface area contributed by atoms with Crippen LogP contribution in [0.2, 0.25) is 0 Å². The Bertz CT molecular complexity index is 1180. The van der Waals surface area contributed by atoms with Gasteiger partial charge in [-0.15, -0.1) is 11.6 Å². The highest BCUT2D eigenvalue weighted by Crippen LogP contribution is 2.29. The van der Waals surface area contributed by atoms with Crippen LogP contribution in [0.25, 0.3) is 23.3 Å². The van der Waals surface area contributed by atoms with E-state index < -0.39 is 5.38 Å². The highest BCUT2D eigenvalue weighted by atomic mass is 35.5. The first kappa shape index (κ1) is 17.5. The average molecular weight is 385 g/mol. The van der Waals surface area contributed by atoms with Gasteiger partial charge in [-0.1, -0.05) is 78.9 Å². The van der Waals surface area contributed by atoms with Crippen LogP contribution in [0.5, 0.6) is 0 Å². The summed E-state index contributed by atoms with van der Waals surface area (Å²) in [4.78, 5) is 13.1. The molecule has 3 aromatic rings. The zero-order valence-electron chi connectivity index (χ0n) is 15.6. The van der Waals surface area contributed by atoms with E-state index in [1.807, 2.05) is 30.3 Å². The Morgan fingerprint density at radius 3 is 2.50 bits per heavy atom. The molecule has 0 saturated heterocycles. The van der Waals surface area contributed by atoms with Gasteiger partial charge in [0.15, 0.2) is 5.78 Å². The maximum Gasteiger partial charge on any atom is 0.161 e. The van der Waals surface area contributed by atoms with Crippen molar-refractivity contribution < 1.29 is 4.79 Å². The second-order valence-electron chi connectivity index (χ2n) is 7.65. The lowest BCUT2D eigenvalue weighted by molar-refractivity contribution is -0.121. The minimum Gasteiger partial charge on any atom is -0.297 e. The van der Waals surface area contributed by atoms with Gasteiger partial charge in [-0.05, 0) is 57.5 Å². The minimum atomic E-state index is -0.590. The number of halogens is 1. The van der Waals surface area contributed by atoms with Gasteiger partial charge in [0.25, 0.3) is 0 Å². The molecule has 0 aromatic heterocycles. The van der Waals surface area contributed by atoms with Gasteiger partial charge in [0.1, 0.15) is 5.38 Å². The van der Waals surface area contributed by atoms with Crippen LogP contribution in [-0.2, 0) is 17.6 Å². The number of aryl methyl sites for hydroxylation is 1.